The number of esters is 1. The molecule has 2 amide bonds. The molecule has 3 aromatic rings. The Morgan fingerprint density at radius 1 is 0.957 bits per heavy atom. The number of amides is 2. The van der Waals surface area contributed by atoms with Gasteiger partial charge in [0.2, 0.25) is 5.91 Å². The number of carbonyl (C=O) groups is 4. The molecule has 0 aromatic heterocycles. The first kappa shape index (κ1) is 33.4. The summed E-state index contributed by atoms with van der Waals surface area (Å²) in [6.07, 6.45) is 0.872. The van der Waals surface area contributed by atoms with E-state index in [2.05, 4.69) is 10.9 Å². The van der Waals surface area contributed by atoms with Gasteiger partial charge in [0.05, 0.1) is 24.5 Å². The minimum Gasteiger partial charge on any atom is -0.455 e. The molecule has 2 heterocycles. The molecule has 2 aliphatic rings. The summed E-state index contributed by atoms with van der Waals surface area (Å²) < 4.78 is 25.2. The largest absolute Gasteiger partial charge is 0.455 e. The summed E-state index contributed by atoms with van der Waals surface area (Å²) in [5.41, 5.74) is 14.7. The quantitative estimate of drug-likeness (QED) is 0.136. The zero-order valence-corrected chi connectivity index (χ0v) is 26.0. The van der Waals surface area contributed by atoms with Gasteiger partial charge in [-0.05, 0) is 54.3 Å². The van der Waals surface area contributed by atoms with Crippen molar-refractivity contribution in [1.29, 1.82) is 0 Å². The summed E-state index contributed by atoms with van der Waals surface area (Å²) in [7, 11) is 0. The molecule has 0 spiro atoms. The minimum atomic E-state index is -0.899. The number of halogens is 1. The van der Waals surface area contributed by atoms with E-state index in [0.29, 0.717) is 50.4 Å². The number of hydrazine groups is 1. The monoisotopic (exact) mass is 646 g/mol. The third-order valence-electron chi connectivity index (χ3n) is 8.09. The van der Waals surface area contributed by atoms with Gasteiger partial charge in [0.1, 0.15) is 18.5 Å². The number of nitrogens with one attached hydrogen (secondary N) is 2. The van der Waals surface area contributed by atoms with Crippen LogP contribution in [0, 0.1) is 5.82 Å². The first-order chi connectivity index (χ1) is 22.8. The Kier molecular flexibility index (Phi) is 11.4. The molecular weight excluding hydrogens is 607 g/mol. The molecule has 13 heteroatoms. The van der Waals surface area contributed by atoms with Crippen LogP contribution in [-0.2, 0) is 36.9 Å². The molecule has 2 saturated heterocycles. The number of carbonyl (C=O) groups excluding carboxylic acids is 4. The maximum Gasteiger partial charge on any atom is 0.414 e. The second-order valence-electron chi connectivity index (χ2n) is 11.4. The van der Waals surface area contributed by atoms with Gasteiger partial charge in [-0.3, -0.25) is 14.5 Å². The van der Waals surface area contributed by atoms with Crippen LogP contribution in [0.2, 0.25) is 0 Å². The zero-order valence-electron chi connectivity index (χ0n) is 26.0. The lowest BCUT2D eigenvalue weighted by atomic mass is 10.1. The molecule has 0 saturated carbocycles. The van der Waals surface area contributed by atoms with Gasteiger partial charge in [0, 0.05) is 44.8 Å². The van der Waals surface area contributed by atoms with Crippen LogP contribution in [0.1, 0.15) is 24.0 Å². The molecule has 1 atom stereocenters. The van der Waals surface area contributed by atoms with Crippen molar-refractivity contribution in [3.05, 3.63) is 89.7 Å². The highest BCUT2D eigenvalue weighted by Crippen LogP contribution is 2.28. The van der Waals surface area contributed by atoms with E-state index in [9.17, 15) is 19.2 Å². The number of ether oxygens (including phenoxy) is 2. The number of hydrogen-bond donors (Lipinski definition) is 3. The van der Waals surface area contributed by atoms with Crippen LogP contribution in [0.3, 0.4) is 0 Å². The fourth-order valence-corrected chi connectivity index (χ4v) is 5.43. The van der Waals surface area contributed by atoms with Gasteiger partial charge in [-0.2, -0.15) is 0 Å². The molecule has 3 aromatic carbocycles. The summed E-state index contributed by atoms with van der Waals surface area (Å²) in [6.45, 7) is 2.32. The molecule has 0 bridgehead atoms. The number of benzene rings is 3. The van der Waals surface area contributed by atoms with Crippen molar-refractivity contribution in [1.82, 2.24) is 10.3 Å². The van der Waals surface area contributed by atoms with Crippen LogP contribution in [0.15, 0.2) is 72.8 Å². The van der Waals surface area contributed by atoms with Gasteiger partial charge < -0.3 is 30.4 Å². The molecule has 5 rings (SSSR count). The number of aryl methyl sites for hydroxylation is 1. The third-order valence-corrected chi connectivity index (χ3v) is 8.09. The highest BCUT2D eigenvalue weighted by atomic mass is 19.1. The first-order valence-corrected chi connectivity index (χ1v) is 15.6. The molecular formula is C34H39FN6O6. The molecule has 4 N–H and O–H groups in total. The number of hydrogen-bond acceptors (Lipinski definition) is 10. The van der Waals surface area contributed by atoms with Crippen molar-refractivity contribution in [2.75, 3.05) is 61.0 Å². The van der Waals surface area contributed by atoms with Crippen molar-refractivity contribution in [2.45, 2.75) is 32.0 Å². The summed E-state index contributed by atoms with van der Waals surface area (Å²) in [6, 6.07) is 21.4. The first-order valence-electron chi connectivity index (χ1n) is 15.6. The maximum absolute atomic E-state index is 15.0. The van der Waals surface area contributed by atoms with Gasteiger partial charge in [-0.1, -0.05) is 42.5 Å². The van der Waals surface area contributed by atoms with Crippen LogP contribution in [0.4, 0.5) is 26.2 Å². The number of rotatable bonds is 14. The van der Waals surface area contributed by atoms with E-state index in [1.165, 1.54) is 11.0 Å². The Balaban J connectivity index is 0.976. The van der Waals surface area contributed by atoms with Gasteiger partial charge in [0.25, 0.3) is 5.78 Å². The summed E-state index contributed by atoms with van der Waals surface area (Å²) >= 11 is 0. The number of cyclic esters (lactones) is 1. The highest BCUT2D eigenvalue weighted by Gasteiger charge is 2.32. The predicted octanol–water partition coefficient (Wildman–Crippen LogP) is 3.01. The maximum atomic E-state index is 15.0. The van der Waals surface area contributed by atoms with Crippen LogP contribution >= 0.6 is 0 Å². The lowest BCUT2D eigenvalue weighted by Gasteiger charge is -2.36. The van der Waals surface area contributed by atoms with Crippen molar-refractivity contribution >= 4 is 40.8 Å². The van der Waals surface area contributed by atoms with E-state index in [1.54, 1.807) is 12.1 Å². The van der Waals surface area contributed by atoms with Crippen molar-refractivity contribution in [3.8, 4) is 0 Å². The van der Waals surface area contributed by atoms with Gasteiger partial charge >= 0.3 is 12.1 Å². The van der Waals surface area contributed by atoms with Gasteiger partial charge in [0.15, 0.2) is 0 Å². The molecule has 0 radical (unpaired) electrons. The van der Waals surface area contributed by atoms with Crippen LogP contribution in [0.5, 0.6) is 0 Å². The second kappa shape index (κ2) is 16.0. The van der Waals surface area contributed by atoms with E-state index in [1.807, 2.05) is 64.4 Å². The van der Waals surface area contributed by atoms with E-state index in [-0.39, 0.29) is 32.1 Å². The van der Waals surface area contributed by atoms with Crippen LogP contribution in [-0.4, -0.2) is 80.6 Å². The molecule has 0 aliphatic carbocycles. The van der Waals surface area contributed by atoms with Crippen molar-refractivity contribution in [3.63, 3.8) is 0 Å². The van der Waals surface area contributed by atoms with Crippen molar-refractivity contribution < 1.29 is 33.0 Å². The number of nitrogens with zero attached hydrogens (tertiary/aromatic N) is 3. The third kappa shape index (κ3) is 9.05. The molecule has 0 unspecified atom stereocenters. The number of nitrogens with two attached hydrogens (primary N) is 1. The SMILES string of the molecule is NC[C@H]1CN(c2ccc(N3CCN(C(=O)CCCc4ccc(NNCC(=O)C(=O)OCc5ccccc5)cc4)CC3)c(F)c2)C(=O)O1. The number of ketones is 1. The van der Waals surface area contributed by atoms with Gasteiger partial charge in [-0.15, -0.1) is 0 Å². The predicted molar refractivity (Wildman–Crippen MR) is 174 cm³/mol. The number of anilines is 3. The van der Waals surface area contributed by atoms with E-state index in [4.69, 9.17) is 15.2 Å². The fourth-order valence-electron chi connectivity index (χ4n) is 5.43. The van der Waals surface area contributed by atoms with E-state index >= 15 is 4.39 Å². The highest BCUT2D eigenvalue weighted by molar-refractivity contribution is 6.34. The topological polar surface area (TPSA) is 147 Å². The van der Waals surface area contributed by atoms with E-state index in [0.717, 1.165) is 23.2 Å². The molecule has 12 nitrogen and oxygen atoms in total. The molecule has 248 valence electrons. The van der Waals surface area contributed by atoms with Crippen molar-refractivity contribution in [2.24, 2.45) is 5.73 Å². The minimum absolute atomic E-state index is 0.0390. The summed E-state index contributed by atoms with van der Waals surface area (Å²) in [5, 5.41) is 0. The van der Waals surface area contributed by atoms with Crippen LogP contribution in [0.25, 0.3) is 0 Å². The standard InChI is InChI=1S/C34H39FN6O6/c35-29-19-27(41-22-28(20-36)47-34(41)45)13-14-30(29)39-15-17-40(18-16-39)32(43)8-4-7-24-9-11-26(12-10-24)38-37-21-31(42)33(44)46-23-25-5-2-1-3-6-25/h1-3,5-6,9-14,19,28,37-38H,4,7-8,15-18,20-23,36H2/t28-/m0/s1. The second-order valence-corrected chi connectivity index (χ2v) is 11.4. The van der Waals surface area contributed by atoms with Gasteiger partial charge in [-0.25, -0.2) is 19.4 Å². The average molecular weight is 647 g/mol. The fraction of sp³-hybridized carbons (Fsp3) is 0.353. The molecule has 2 aliphatic heterocycles. The number of Topliss-reactive ketones (excluding diaryl/α,β-unsaturated/α-hetero) is 1. The smallest absolute Gasteiger partial charge is 0.414 e. The number of piperazine rings is 1. The Hall–Kier alpha value is -5.01. The van der Waals surface area contributed by atoms with E-state index < -0.39 is 29.8 Å². The summed E-state index contributed by atoms with van der Waals surface area (Å²) in [4.78, 5) is 54.0. The average Bonchev–Trinajstić information content (AvgIpc) is 3.48. The Morgan fingerprint density at radius 2 is 1.70 bits per heavy atom. The Labute approximate surface area is 272 Å². The Bertz CT molecular complexity index is 1550. The lowest BCUT2D eigenvalue weighted by molar-refractivity contribution is -0.154. The summed E-state index contributed by atoms with van der Waals surface area (Å²) in [5.74, 6) is -1.96. The Morgan fingerprint density at radius 3 is 2.38 bits per heavy atom. The lowest BCUT2D eigenvalue weighted by Crippen LogP contribution is -2.49. The van der Waals surface area contributed by atoms with Crippen LogP contribution < -0.4 is 26.4 Å². The molecule has 2 fully saturated rings. The zero-order chi connectivity index (χ0) is 33.2. The molecule has 47 heavy (non-hydrogen) atoms. The normalized spacial score (nSPS) is 16.2.